The minimum absolute atomic E-state index is 0.0102. The van der Waals surface area contributed by atoms with Crippen LogP contribution in [0.15, 0.2) is 35.0 Å². The first-order valence-electron chi connectivity index (χ1n) is 6.66. The molecule has 0 aliphatic rings. The molecule has 0 amide bonds. The molecule has 2 aromatic carbocycles. The number of fused-ring (bicyclic) bond motifs is 1. The van der Waals surface area contributed by atoms with Gasteiger partial charge in [-0.3, -0.25) is 14.9 Å². The number of nitro groups is 1. The van der Waals surface area contributed by atoms with Crippen LogP contribution in [-0.4, -0.2) is 21.0 Å². The molecule has 0 saturated carbocycles. The summed E-state index contributed by atoms with van der Waals surface area (Å²) in [6, 6.07) is 7.82. The Labute approximate surface area is 129 Å². The largest absolute Gasteiger partial charge is 0.454 e. The molecule has 0 aliphatic heterocycles. The van der Waals surface area contributed by atoms with Gasteiger partial charge in [-0.05, 0) is 42.4 Å². The summed E-state index contributed by atoms with van der Waals surface area (Å²) in [7, 11) is 0. The Kier molecular flexibility index (Phi) is 3.49. The lowest BCUT2D eigenvalue weighted by molar-refractivity contribution is -0.383. The van der Waals surface area contributed by atoms with Crippen LogP contribution in [0.25, 0.3) is 11.0 Å². The van der Waals surface area contributed by atoms with Gasteiger partial charge in [0.2, 0.25) is 5.52 Å². The van der Waals surface area contributed by atoms with Gasteiger partial charge in [-0.1, -0.05) is 11.6 Å². The number of carbonyl (C=O) groups excluding carboxylic acids is 1. The summed E-state index contributed by atoms with van der Waals surface area (Å²) in [4.78, 5) is 22.1. The molecule has 0 N–H and O–H groups in total. The summed E-state index contributed by atoms with van der Waals surface area (Å²) in [5.41, 5.74) is 1.20. The van der Waals surface area contributed by atoms with Gasteiger partial charge in [-0.25, -0.2) is 4.63 Å². The average molecular weight is 313 g/mol. The highest BCUT2D eigenvalue weighted by molar-refractivity contribution is 5.97. The van der Waals surface area contributed by atoms with Crippen LogP contribution in [0.5, 0.6) is 11.5 Å². The number of nitrogens with zero attached hydrogens (tertiary/aromatic N) is 3. The van der Waals surface area contributed by atoms with Crippen LogP contribution in [0.4, 0.5) is 5.69 Å². The van der Waals surface area contributed by atoms with Crippen molar-refractivity contribution in [3.8, 4) is 11.5 Å². The zero-order valence-corrected chi connectivity index (χ0v) is 12.3. The molecule has 0 unspecified atom stereocenters. The number of nitro benzene ring substituents is 1. The van der Waals surface area contributed by atoms with E-state index in [0.29, 0.717) is 11.3 Å². The van der Waals surface area contributed by atoms with Crippen LogP contribution in [0.3, 0.4) is 0 Å². The van der Waals surface area contributed by atoms with E-state index in [-0.39, 0.29) is 28.3 Å². The van der Waals surface area contributed by atoms with Crippen LogP contribution in [0.2, 0.25) is 0 Å². The standard InChI is InChI=1S/C15H11N3O5/c1-8-3-5-12(10(7-8)9(2)19)22-13-6-4-11(18(20)21)14-15(13)17-23-16-14/h3-7H,1-2H3. The third-order valence-electron chi connectivity index (χ3n) is 3.29. The molecular formula is C15H11N3O5. The Morgan fingerprint density at radius 1 is 1.17 bits per heavy atom. The number of aromatic nitrogens is 2. The van der Waals surface area contributed by atoms with Gasteiger partial charge < -0.3 is 4.74 Å². The molecule has 0 spiro atoms. The Bertz CT molecular complexity index is 932. The normalized spacial score (nSPS) is 10.7. The smallest absolute Gasteiger partial charge is 0.301 e. The van der Waals surface area contributed by atoms with E-state index in [1.165, 1.54) is 19.1 Å². The zero-order chi connectivity index (χ0) is 16.6. The number of hydrogen-bond acceptors (Lipinski definition) is 7. The van der Waals surface area contributed by atoms with Gasteiger partial charge in [-0.15, -0.1) is 0 Å². The van der Waals surface area contributed by atoms with Gasteiger partial charge >= 0.3 is 5.69 Å². The van der Waals surface area contributed by atoms with E-state index < -0.39 is 4.92 Å². The van der Waals surface area contributed by atoms with E-state index in [1.807, 2.05) is 6.92 Å². The molecule has 3 rings (SSSR count). The monoisotopic (exact) mass is 313 g/mol. The summed E-state index contributed by atoms with van der Waals surface area (Å²) in [5, 5.41) is 18.2. The molecule has 8 nitrogen and oxygen atoms in total. The molecule has 116 valence electrons. The number of benzene rings is 2. The quantitative estimate of drug-likeness (QED) is 0.412. The van der Waals surface area contributed by atoms with Gasteiger partial charge in [0.25, 0.3) is 0 Å². The van der Waals surface area contributed by atoms with Crippen LogP contribution in [0.1, 0.15) is 22.8 Å². The highest BCUT2D eigenvalue weighted by Crippen LogP contribution is 2.34. The van der Waals surface area contributed by atoms with Crippen molar-refractivity contribution in [1.82, 2.24) is 10.3 Å². The van der Waals surface area contributed by atoms with Crippen molar-refractivity contribution in [2.45, 2.75) is 13.8 Å². The minimum atomic E-state index is -0.580. The minimum Gasteiger partial charge on any atom is -0.454 e. The number of non-ortho nitro benzene ring substituents is 1. The molecule has 0 radical (unpaired) electrons. The third-order valence-corrected chi connectivity index (χ3v) is 3.29. The second-order valence-electron chi connectivity index (χ2n) is 4.96. The van der Waals surface area contributed by atoms with Crippen molar-refractivity contribution in [2.24, 2.45) is 0 Å². The number of Topliss-reactive ketones (excluding diaryl/α,β-unsaturated/α-hetero) is 1. The molecule has 3 aromatic rings. The van der Waals surface area contributed by atoms with Crippen molar-refractivity contribution in [3.05, 3.63) is 51.6 Å². The van der Waals surface area contributed by atoms with Crippen LogP contribution in [0, 0.1) is 17.0 Å². The number of carbonyl (C=O) groups is 1. The van der Waals surface area contributed by atoms with Gasteiger partial charge in [0.1, 0.15) is 5.75 Å². The summed E-state index contributed by atoms with van der Waals surface area (Å²) in [6.45, 7) is 3.30. The molecule has 0 fully saturated rings. The topological polar surface area (TPSA) is 108 Å². The molecule has 0 atom stereocenters. The number of rotatable bonds is 4. The number of aryl methyl sites for hydroxylation is 1. The fourth-order valence-electron chi connectivity index (χ4n) is 2.19. The molecule has 1 heterocycles. The Hall–Kier alpha value is -3.29. The maximum Gasteiger partial charge on any atom is 0.301 e. The van der Waals surface area contributed by atoms with Crippen molar-refractivity contribution in [3.63, 3.8) is 0 Å². The lowest BCUT2D eigenvalue weighted by atomic mass is 10.1. The molecule has 0 aliphatic carbocycles. The van der Waals surface area contributed by atoms with Gasteiger partial charge in [-0.2, -0.15) is 0 Å². The van der Waals surface area contributed by atoms with Crippen molar-refractivity contribution in [1.29, 1.82) is 0 Å². The maximum absolute atomic E-state index is 11.7. The van der Waals surface area contributed by atoms with E-state index in [2.05, 4.69) is 14.9 Å². The fraction of sp³-hybridized carbons (Fsp3) is 0.133. The summed E-state index contributed by atoms with van der Waals surface area (Å²) in [5.74, 6) is 0.402. The molecule has 8 heteroatoms. The zero-order valence-electron chi connectivity index (χ0n) is 12.3. The van der Waals surface area contributed by atoms with E-state index >= 15 is 0 Å². The van der Waals surface area contributed by atoms with Crippen molar-refractivity contribution >= 4 is 22.5 Å². The van der Waals surface area contributed by atoms with Crippen molar-refractivity contribution < 1.29 is 19.1 Å². The van der Waals surface area contributed by atoms with E-state index in [4.69, 9.17) is 4.74 Å². The van der Waals surface area contributed by atoms with Crippen molar-refractivity contribution in [2.75, 3.05) is 0 Å². The molecule has 1 aromatic heterocycles. The SMILES string of the molecule is CC(=O)c1cc(C)ccc1Oc1ccc([N+](=O)[O-])c2nonc12. The third kappa shape index (κ3) is 2.61. The summed E-state index contributed by atoms with van der Waals surface area (Å²) < 4.78 is 10.3. The lowest BCUT2D eigenvalue weighted by Crippen LogP contribution is -1.98. The number of ether oxygens (including phenoxy) is 1. The average Bonchev–Trinajstić information content (AvgIpc) is 2.98. The highest BCUT2D eigenvalue weighted by Gasteiger charge is 2.21. The Balaban J connectivity index is 2.10. The van der Waals surface area contributed by atoms with E-state index in [9.17, 15) is 14.9 Å². The van der Waals surface area contributed by atoms with Crippen LogP contribution >= 0.6 is 0 Å². The first-order valence-corrected chi connectivity index (χ1v) is 6.66. The summed E-state index contributed by atoms with van der Waals surface area (Å²) in [6.07, 6.45) is 0. The summed E-state index contributed by atoms with van der Waals surface area (Å²) >= 11 is 0. The second-order valence-corrected chi connectivity index (χ2v) is 4.96. The number of hydrogen-bond donors (Lipinski definition) is 0. The Morgan fingerprint density at radius 3 is 2.57 bits per heavy atom. The molecule has 0 saturated heterocycles. The fourth-order valence-corrected chi connectivity index (χ4v) is 2.19. The van der Waals surface area contributed by atoms with E-state index in [0.717, 1.165) is 5.56 Å². The first kappa shape index (κ1) is 14.6. The van der Waals surface area contributed by atoms with Gasteiger partial charge in [0.05, 0.1) is 10.5 Å². The molecule has 0 bridgehead atoms. The second kappa shape index (κ2) is 5.48. The van der Waals surface area contributed by atoms with Gasteiger partial charge in [0, 0.05) is 6.07 Å². The Morgan fingerprint density at radius 2 is 1.87 bits per heavy atom. The maximum atomic E-state index is 11.7. The number of ketones is 1. The van der Waals surface area contributed by atoms with E-state index in [1.54, 1.807) is 18.2 Å². The first-order chi connectivity index (χ1) is 11.0. The molecular weight excluding hydrogens is 302 g/mol. The van der Waals surface area contributed by atoms with Crippen LogP contribution < -0.4 is 4.74 Å². The van der Waals surface area contributed by atoms with Gasteiger partial charge in [0.15, 0.2) is 17.0 Å². The highest BCUT2D eigenvalue weighted by atomic mass is 16.6. The lowest BCUT2D eigenvalue weighted by Gasteiger charge is -2.10. The predicted octanol–water partition coefficient (Wildman–Crippen LogP) is 3.43. The predicted molar refractivity (Wildman–Crippen MR) is 79.7 cm³/mol. The molecule has 23 heavy (non-hydrogen) atoms. The van der Waals surface area contributed by atoms with Crippen LogP contribution in [-0.2, 0) is 0 Å².